The Kier molecular flexibility index (Phi) is 18.9. The Hall–Kier alpha value is -5.37. The molecule has 0 aliphatic carbocycles. The molecule has 3 atom stereocenters. The number of anilines is 2. The molecule has 0 radical (unpaired) electrons. The number of aliphatic hydroxyl groups excluding tert-OH is 2. The molecule has 3 heterocycles. The number of likely N-dealkylation sites (tertiary alicyclic amines) is 2. The Morgan fingerprint density at radius 2 is 1.45 bits per heavy atom. The lowest BCUT2D eigenvalue weighted by Crippen LogP contribution is -2.38. The molecule has 3 aromatic rings. The highest BCUT2D eigenvalue weighted by molar-refractivity contribution is 8.76. The third kappa shape index (κ3) is 14.6. The number of aromatic nitrogens is 1. The van der Waals surface area contributed by atoms with E-state index in [4.69, 9.17) is 28.4 Å². The highest BCUT2D eigenvalue weighted by Crippen LogP contribution is 2.38. The number of ether oxygens (including phenoxy) is 6. The number of nitrogens with one attached hydrogen (secondary N) is 2. The first-order chi connectivity index (χ1) is 31.1. The molecule has 1 aromatic heterocycles. The molecular formula is C46H61N5O12S2. The third-order valence-corrected chi connectivity index (χ3v) is 13.1. The highest BCUT2D eigenvalue weighted by Gasteiger charge is 2.34. The lowest BCUT2D eigenvalue weighted by molar-refractivity contribution is 0.0633. The van der Waals surface area contributed by atoms with Crippen LogP contribution in [0.15, 0.2) is 65.8 Å². The fraction of sp³-hybridized carbons (Fsp3) is 0.500. The monoisotopic (exact) mass is 939 g/mol. The minimum Gasteiger partial charge on any atom is -0.493 e. The minimum absolute atomic E-state index is 0.0664. The van der Waals surface area contributed by atoms with Gasteiger partial charge < -0.3 is 48.4 Å². The van der Waals surface area contributed by atoms with Crippen LogP contribution < -0.4 is 29.6 Å². The molecule has 4 amide bonds. The summed E-state index contributed by atoms with van der Waals surface area (Å²) in [6.07, 6.45) is 3.95. The van der Waals surface area contributed by atoms with Crippen molar-refractivity contribution < 1.29 is 57.8 Å². The molecule has 2 saturated heterocycles. The first-order valence-corrected chi connectivity index (χ1v) is 23.7. The number of hydrogen-bond donors (Lipinski definition) is 4. The van der Waals surface area contributed by atoms with Crippen molar-refractivity contribution >= 4 is 57.0 Å². The second kappa shape index (κ2) is 24.2. The van der Waals surface area contributed by atoms with Gasteiger partial charge in [-0.15, -0.1) is 0 Å². The number of carbonyl (C=O) groups excluding carboxylic acids is 4. The quantitative estimate of drug-likeness (QED) is 0.0456. The van der Waals surface area contributed by atoms with Crippen LogP contribution >= 0.6 is 21.6 Å². The van der Waals surface area contributed by atoms with Gasteiger partial charge in [0.05, 0.1) is 75.2 Å². The highest BCUT2D eigenvalue weighted by atomic mass is 33.1. The molecule has 19 heteroatoms. The summed E-state index contributed by atoms with van der Waals surface area (Å²) in [5.74, 6) is 0.382. The molecule has 2 fully saturated rings. The zero-order valence-corrected chi connectivity index (χ0v) is 39.5. The largest absolute Gasteiger partial charge is 0.493 e. The van der Waals surface area contributed by atoms with Crippen molar-refractivity contribution in [1.82, 2.24) is 14.8 Å². The van der Waals surface area contributed by atoms with Gasteiger partial charge in [0.15, 0.2) is 23.0 Å². The maximum absolute atomic E-state index is 13.9. The molecule has 5 rings (SSSR count). The number of hydrogen-bond acceptors (Lipinski definition) is 15. The molecule has 0 spiro atoms. The summed E-state index contributed by atoms with van der Waals surface area (Å²) >= 11 is 0. The molecular weight excluding hydrogens is 879 g/mol. The zero-order valence-electron chi connectivity index (χ0n) is 37.9. The number of amides is 4. The van der Waals surface area contributed by atoms with Crippen molar-refractivity contribution in [2.24, 2.45) is 0 Å². The summed E-state index contributed by atoms with van der Waals surface area (Å²) < 4.78 is 34.6. The van der Waals surface area contributed by atoms with Gasteiger partial charge in [-0.1, -0.05) is 29.0 Å². The van der Waals surface area contributed by atoms with Gasteiger partial charge in [0.25, 0.3) is 11.8 Å². The van der Waals surface area contributed by atoms with Crippen LogP contribution in [0.3, 0.4) is 0 Å². The van der Waals surface area contributed by atoms with Crippen LogP contribution in [0.5, 0.6) is 23.0 Å². The number of carbonyl (C=O) groups is 4. The van der Waals surface area contributed by atoms with E-state index in [1.807, 2.05) is 25.1 Å². The summed E-state index contributed by atoms with van der Waals surface area (Å²) in [7, 11) is 5.91. The van der Waals surface area contributed by atoms with E-state index >= 15 is 0 Å². The van der Waals surface area contributed by atoms with E-state index in [1.54, 1.807) is 37.9 Å². The van der Waals surface area contributed by atoms with Gasteiger partial charge in [-0.2, -0.15) is 0 Å². The fourth-order valence-electron chi connectivity index (χ4n) is 7.16. The van der Waals surface area contributed by atoms with Gasteiger partial charge in [-0.25, -0.2) is 14.6 Å². The van der Waals surface area contributed by atoms with Crippen LogP contribution in [0, 0.1) is 0 Å². The topological polar surface area (TPSA) is 208 Å². The molecule has 354 valence electrons. The van der Waals surface area contributed by atoms with Crippen molar-refractivity contribution in [2.45, 2.75) is 94.2 Å². The van der Waals surface area contributed by atoms with E-state index in [9.17, 15) is 29.4 Å². The molecule has 2 aromatic carbocycles. The summed E-state index contributed by atoms with van der Waals surface area (Å²) in [6, 6.07) is 10.9. The second-order valence-electron chi connectivity index (χ2n) is 16.6. The van der Waals surface area contributed by atoms with Crippen molar-refractivity contribution in [1.29, 1.82) is 0 Å². The summed E-state index contributed by atoms with van der Waals surface area (Å²) in [5.41, 5.74) is 0.657. The molecule has 2 aliphatic rings. The Morgan fingerprint density at radius 3 is 2.00 bits per heavy atom. The molecule has 17 nitrogen and oxygen atoms in total. The number of rotatable bonds is 21. The number of unbranched alkanes of at least 4 members (excludes halogenated alkanes) is 2. The van der Waals surface area contributed by atoms with E-state index in [2.05, 4.69) is 22.2 Å². The molecule has 65 heavy (non-hydrogen) atoms. The Balaban J connectivity index is 1.22. The summed E-state index contributed by atoms with van der Waals surface area (Å²) in [5, 5.41) is 26.1. The molecule has 0 saturated carbocycles. The first kappa shape index (κ1) is 50.6. The van der Waals surface area contributed by atoms with Gasteiger partial charge >= 0.3 is 12.2 Å². The number of nitrogens with zero attached hydrogens (tertiary/aromatic N) is 3. The average molecular weight is 940 g/mol. The smallest absolute Gasteiger partial charge is 0.412 e. The summed E-state index contributed by atoms with van der Waals surface area (Å²) in [6.45, 7) is 12.0. The Morgan fingerprint density at radius 1 is 0.846 bits per heavy atom. The van der Waals surface area contributed by atoms with Crippen molar-refractivity contribution in [3.8, 4) is 23.0 Å². The van der Waals surface area contributed by atoms with E-state index in [1.165, 1.54) is 58.9 Å². The van der Waals surface area contributed by atoms with Crippen LogP contribution in [0.2, 0.25) is 0 Å². The second-order valence-corrected chi connectivity index (χ2v) is 19.2. The molecule has 0 bridgehead atoms. The molecule has 0 unspecified atom stereocenters. The Labute approximate surface area is 388 Å². The maximum Gasteiger partial charge on any atom is 0.412 e. The van der Waals surface area contributed by atoms with Crippen LogP contribution in [-0.4, -0.2) is 132 Å². The molecule has 2 aliphatic heterocycles. The number of pyridine rings is 1. The van der Waals surface area contributed by atoms with E-state index in [0.717, 1.165) is 17.0 Å². The van der Waals surface area contributed by atoms with Gasteiger partial charge in [0.2, 0.25) is 0 Å². The van der Waals surface area contributed by atoms with E-state index < -0.39 is 29.7 Å². The van der Waals surface area contributed by atoms with Gasteiger partial charge in [-0.05, 0) is 101 Å². The van der Waals surface area contributed by atoms with Crippen molar-refractivity contribution in [3.05, 3.63) is 71.9 Å². The van der Waals surface area contributed by atoms with Crippen molar-refractivity contribution in [3.63, 3.8) is 0 Å². The number of methoxy groups -OCH3 is 2. The predicted molar refractivity (Wildman–Crippen MR) is 250 cm³/mol. The lowest BCUT2D eigenvalue weighted by Gasteiger charge is -2.25. The first-order valence-electron chi connectivity index (χ1n) is 21.5. The van der Waals surface area contributed by atoms with E-state index in [0.29, 0.717) is 55.9 Å². The molecule has 4 N–H and O–H groups in total. The van der Waals surface area contributed by atoms with Gasteiger partial charge in [0.1, 0.15) is 17.2 Å². The van der Waals surface area contributed by atoms with E-state index in [-0.39, 0.29) is 85.0 Å². The lowest BCUT2D eigenvalue weighted by atomic mass is 10.1. The average Bonchev–Trinajstić information content (AvgIpc) is 3.93. The predicted octanol–water partition coefficient (Wildman–Crippen LogP) is 7.81. The number of benzene rings is 2. The van der Waals surface area contributed by atoms with Gasteiger partial charge in [-0.3, -0.25) is 20.2 Å². The van der Waals surface area contributed by atoms with Crippen LogP contribution in [0.4, 0.5) is 21.0 Å². The normalized spacial score (nSPS) is 16.5. The maximum atomic E-state index is 13.9. The summed E-state index contributed by atoms with van der Waals surface area (Å²) in [4.78, 5) is 61.2. The van der Waals surface area contributed by atoms with Gasteiger partial charge in [0, 0.05) is 36.7 Å². The van der Waals surface area contributed by atoms with Crippen LogP contribution in [-0.2, 0) is 9.47 Å². The zero-order chi connectivity index (χ0) is 47.1. The van der Waals surface area contributed by atoms with Crippen LogP contribution in [0.25, 0.3) is 0 Å². The minimum atomic E-state index is -0.795. The number of aliphatic hydroxyl groups is 2. The SMILES string of the molecule is C=C1C[C@@H](CO)N(C(=O)c2cc(OC)c(OCCCCCOc3cc(NC(=O)OC[C@@H](C)SSc4ccccn4)c(C(=O)N4CCC[C@H]4CO)cc3OC)cc2NC(=O)OC(C)(C)C)C1. The standard InChI is InChI=1S/C46H61N5O12S2/c1-29-20-32(27-53)51(25-29)43(55)34-22-38(59-7)40(24-36(34)49-45(57)63-46(3,4)5)61-19-12-8-11-18-60-39-23-35(33(21-37(39)58-6)42(54)50-17-13-14-31(50)26-52)48-44(56)62-28-30(2)64-65-41-15-9-10-16-47-41/h9-10,15-16,21-24,30-32,52-53H,1,8,11-14,17-20,25-28H2,2-7H3,(H,48,56)(H,49,57)/t30-,31+,32+/m1/s1. The van der Waals surface area contributed by atoms with Crippen LogP contribution in [0.1, 0.15) is 86.9 Å². The van der Waals surface area contributed by atoms with Crippen molar-refractivity contribution in [2.75, 3.05) is 71.0 Å². The Bertz CT molecular complexity index is 2120. The fourth-order valence-corrected chi connectivity index (χ4v) is 9.04. The third-order valence-electron chi connectivity index (χ3n) is 10.3.